The Hall–Kier alpha value is -0.485. The van der Waals surface area contributed by atoms with Crippen molar-refractivity contribution in [1.82, 2.24) is 0 Å². The van der Waals surface area contributed by atoms with Gasteiger partial charge in [0.15, 0.2) is 0 Å². The fraction of sp³-hybridized carbons (Fsp3) is 0.933. The third-order valence-corrected chi connectivity index (χ3v) is 6.14. The molecular weight excluding hydrogens is 277 g/mol. The summed E-state index contributed by atoms with van der Waals surface area (Å²) >= 11 is 0. The average molecular weight is 300 g/mol. The highest BCUT2D eigenvalue weighted by Crippen LogP contribution is 2.62. The second-order valence-electron chi connectivity index (χ2n) is 7.87. The number of hydrogen-bond acceptors (Lipinski definition) is 3. The maximum absolute atomic E-state index is 13.4. The van der Waals surface area contributed by atoms with Crippen molar-refractivity contribution < 1.29 is 22.9 Å². The van der Waals surface area contributed by atoms with Crippen LogP contribution in [0.3, 0.4) is 0 Å². The first-order valence-corrected chi connectivity index (χ1v) is 7.76. The lowest BCUT2D eigenvalue weighted by Gasteiger charge is -2.51. The first-order chi connectivity index (χ1) is 9.49. The molecule has 0 aromatic rings. The quantitative estimate of drug-likeness (QED) is 0.694. The predicted octanol–water partition coefficient (Wildman–Crippen LogP) is 3.62. The Balaban J connectivity index is 1.78. The summed E-state index contributed by atoms with van der Waals surface area (Å²) in [6, 6.07) is 0. The lowest BCUT2D eigenvalue weighted by atomic mass is 9.41. The van der Waals surface area contributed by atoms with E-state index >= 15 is 0 Å². The molecule has 0 bridgehead atoms. The minimum absolute atomic E-state index is 0.0813. The van der Waals surface area contributed by atoms with Crippen LogP contribution in [0.25, 0.3) is 0 Å². The van der Waals surface area contributed by atoms with E-state index in [2.05, 4.69) is 0 Å². The summed E-state index contributed by atoms with van der Waals surface area (Å²) in [6.45, 7) is 7.87. The van der Waals surface area contributed by atoms with Crippen molar-refractivity contribution >= 4 is 12.9 Å². The Labute approximate surface area is 124 Å². The van der Waals surface area contributed by atoms with Gasteiger partial charge < -0.3 is 9.31 Å². The number of halogens is 2. The maximum Gasteiger partial charge on any atom is 0.462 e. The molecule has 2 saturated carbocycles. The van der Waals surface area contributed by atoms with Gasteiger partial charge in [-0.1, -0.05) is 0 Å². The van der Waals surface area contributed by atoms with Crippen LogP contribution < -0.4 is 0 Å². The van der Waals surface area contributed by atoms with Crippen LogP contribution in [-0.2, 0) is 14.1 Å². The fourth-order valence-corrected chi connectivity index (χ4v) is 3.80. The van der Waals surface area contributed by atoms with Crippen molar-refractivity contribution in [2.75, 3.05) is 0 Å². The summed E-state index contributed by atoms with van der Waals surface area (Å²) in [6.07, 6.45) is 0.507. The molecule has 1 saturated heterocycles. The van der Waals surface area contributed by atoms with E-state index in [1.807, 2.05) is 27.7 Å². The molecule has 118 valence electrons. The van der Waals surface area contributed by atoms with E-state index < -0.39 is 29.7 Å². The average Bonchev–Trinajstić information content (AvgIpc) is 2.54. The number of alkyl halides is 2. The summed E-state index contributed by atoms with van der Waals surface area (Å²) < 4.78 is 38.9. The molecule has 1 spiro atoms. The van der Waals surface area contributed by atoms with E-state index in [0.717, 1.165) is 0 Å². The zero-order valence-corrected chi connectivity index (χ0v) is 13.2. The summed E-state index contributed by atoms with van der Waals surface area (Å²) in [4.78, 5) is 12.2. The SMILES string of the molecule is CC1(C)OB(C2CC(=O)C23CCC(F)(F)CC3)OC1(C)C. The van der Waals surface area contributed by atoms with Crippen molar-refractivity contribution in [3.05, 3.63) is 0 Å². The smallest absolute Gasteiger partial charge is 0.403 e. The minimum Gasteiger partial charge on any atom is -0.403 e. The fourth-order valence-electron chi connectivity index (χ4n) is 3.80. The second-order valence-corrected chi connectivity index (χ2v) is 7.87. The Morgan fingerprint density at radius 2 is 1.48 bits per heavy atom. The van der Waals surface area contributed by atoms with Crippen molar-refractivity contribution in [2.45, 2.75) is 82.7 Å². The molecule has 6 heteroatoms. The van der Waals surface area contributed by atoms with Crippen LogP contribution in [0.5, 0.6) is 0 Å². The van der Waals surface area contributed by atoms with Crippen LogP contribution in [0.2, 0.25) is 5.82 Å². The number of rotatable bonds is 1. The number of ketones is 1. The first kappa shape index (κ1) is 15.4. The zero-order valence-electron chi connectivity index (χ0n) is 13.2. The number of hydrogen-bond donors (Lipinski definition) is 0. The van der Waals surface area contributed by atoms with Crippen molar-refractivity contribution in [2.24, 2.45) is 5.41 Å². The molecule has 0 N–H and O–H groups in total. The Morgan fingerprint density at radius 1 is 1.00 bits per heavy atom. The molecule has 0 amide bonds. The highest BCUT2D eigenvalue weighted by molar-refractivity contribution is 6.50. The van der Waals surface area contributed by atoms with Gasteiger partial charge >= 0.3 is 7.12 Å². The topological polar surface area (TPSA) is 35.5 Å². The molecule has 1 unspecified atom stereocenters. The van der Waals surface area contributed by atoms with E-state index in [0.29, 0.717) is 6.42 Å². The summed E-state index contributed by atoms with van der Waals surface area (Å²) in [5.74, 6) is -2.60. The number of carbonyl (C=O) groups excluding carboxylic acids is 1. The molecule has 3 rings (SSSR count). The van der Waals surface area contributed by atoms with Crippen LogP contribution in [0.1, 0.15) is 59.8 Å². The van der Waals surface area contributed by atoms with Crippen LogP contribution in [0.15, 0.2) is 0 Å². The van der Waals surface area contributed by atoms with Gasteiger partial charge in [0.05, 0.1) is 11.2 Å². The van der Waals surface area contributed by atoms with Gasteiger partial charge in [0.25, 0.3) is 0 Å². The van der Waals surface area contributed by atoms with Gasteiger partial charge in [-0.25, -0.2) is 8.78 Å². The first-order valence-electron chi connectivity index (χ1n) is 7.76. The van der Waals surface area contributed by atoms with Crippen LogP contribution in [0, 0.1) is 5.41 Å². The van der Waals surface area contributed by atoms with Gasteiger partial charge in [0, 0.05) is 30.5 Å². The number of Topliss-reactive ketones (excluding diaryl/α,β-unsaturated/α-hetero) is 1. The highest BCUT2D eigenvalue weighted by Gasteiger charge is 2.66. The van der Waals surface area contributed by atoms with Crippen LogP contribution in [-0.4, -0.2) is 30.0 Å². The predicted molar refractivity (Wildman–Crippen MR) is 75.3 cm³/mol. The van der Waals surface area contributed by atoms with Gasteiger partial charge in [0.1, 0.15) is 5.78 Å². The molecule has 0 aromatic heterocycles. The molecule has 21 heavy (non-hydrogen) atoms. The lowest BCUT2D eigenvalue weighted by molar-refractivity contribution is -0.150. The Morgan fingerprint density at radius 3 is 1.90 bits per heavy atom. The van der Waals surface area contributed by atoms with E-state index in [4.69, 9.17) is 9.31 Å². The van der Waals surface area contributed by atoms with Gasteiger partial charge in [-0.3, -0.25) is 4.79 Å². The molecule has 3 fully saturated rings. The van der Waals surface area contributed by atoms with E-state index in [1.54, 1.807) is 0 Å². The molecular formula is C15H23BF2O3. The Bertz CT molecular complexity index is 450. The van der Waals surface area contributed by atoms with Crippen molar-refractivity contribution in [3.8, 4) is 0 Å². The Kier molecular flexibility index (Phi) is 3.14. The zero-order chi connectivity index (χ0) is 15.7. The van der Waals surface area contributed by atoms with Crippen molar-refractivity contribution in [1.29, 1.82) is 0 Å². The standard InChI is InChI=1S/C15H23BF2O3/c1-12(2)13(3,4)21-16(20-12)10-9-11(19)14(10)5-7-15(17,18)8-6-14/h10H,5-9H2,1-4H3. The number of carbonyl (C=O) groups is 1. The molecule has 1 aliphatic heterocycles. The van der Waals surface area contributed by atoms with Crippen molar-refractivity contribution in [3.63, 3.8) is 0 Å². The van der Waals surface area contributed by atoms with Gasteiger partial charge in [-0.05, 0) is 40.5 Å². The largest absolute Gasteiger partial charge is 0.462 e. The molecule has 3 aliphatic rings. The van der Waals surface area contributed by atoms with Gasteiger partial charge in [-0.15, -0.1) is 0 Å². The van der Waals surface area contributed by atoms with Gasteiger partial charge in [-0.2, -0.15) is 0 Å². The van der Waals surface area contributed by atoms with Crippen LogP contribution >= 0.6 is 0 Å². The molecule has 0 aromatic carbocycles. The maximum atomic E-state index is 13.4. The summed E-state index contributed by atoms with van der Waals surface area (Å²) in [5.41, 5.74) is -1.53. The molecule has 1 heterocycles. The molecule has 1 atom stereocenters. The minimum atomic E-state index is -2.62. The second kappa shape index (κ2) is 4.28. The lowest BCUT2D eigenvalue weighted by Crippen LogP contribution is -2.55. The third kappa shape index (κ3) is 2.17. The third-order valence-electron chi connectivity index (χ3n) is 6.14. The van der Waals surface area contributed by atoms with Crippen LogP contribution in [0.4, 0.5) is 8.78 Å². The summed E-state index contributed by atoms with van der Waals surface area (Å²) in [7, 11) is -0.459. The molecule has 0 radical (unpaired) electrons. The van der Waals surface area contributed by atoms with Gasteiger partial charge in [0.2, 0.25) is 5.92 Å². The monoisotopic (exact) mass is 300 g/mol. The summed E-state index contributed by atoms with van der Waals surface area (Å²) in [5, 5.41) is 0. The van der Waals surface area contributed by atoms with E-state index in [1.165, 1.54) is 0 Å². The normalized spacial score (nSPS) is 35.8. The molecule has 3 nitrogen and oxygen atoms in total. The van der Waals surface area contributed by atoms with E-state index in [-0.39, 0.29) is 37.3 Å². The van der Waals surface area contributed by atoms with E-state index in [9.17, 15) is 13.6 Å². The highest BCUT2D eigenvalue weighted by atomic mass is 19.3. The molecule has 2 aliphatic carbocycles.